The van der Waals surface area contributed by atoms with E-state index in [1.54, 1.807) is 28.8 Å². The number of phenols is 1. The number of aromatic hydroxyl groups is 1. The molecular formula is C64H73N3O. The number of phenolic OH excluding ortho intramolecular Hbond substituents is 1. The lowest BCUT2D eigenvalue weighted by Gasteiger charge is -2.26. The van der Waals surface area contributed by atoms with Crippen molar-refractivity contribution in [3.8, 4) is 67.5 Å². The number of hydrogen-bond donors (Lipinski definition) is 1. The normalized spacial score (nSPS) is 16.5. The summed E-state index contributed by atoms with van der Waals surface area (Å²) in [5.74, 6) is -2.23. The van der Waals surface area contributed by atoms with Crippen LogP contribution in [0.25, 0.3) is 72.7 Å². The topological polar surface area (TPSA) is 50.9 Å². The molecule has 0 bridgehead atoms. The maximum absolute atomic E-state index is 12.4. The largest absolute Gasteiger partial charge is 0.507 e. The molecule has 0 fully saturated rings. The zero-order valence-corrected chi connectivity index (χ0v) is 41.6. The van der Waals surface area contributed by atoms with E-state index in [0.29, 0.717) is 44.5 Å². The monoisotopic (exact) mass is 916 g/mol. The summed E-state index contributed by atoms with van der Waals surface area (Å²) >= 11 is 0. The van der Waals surface area contributed by atoms with Crippen molar-refractivity contribution in [1.82, 2.24) is 14.5 Å². The fourth-order valence-electron chi connectivity index (χ4n) is 8.48. The number of imidazole rings is 1. The second-order valence-electron chi connectivity index (χ2n) is 21.8. The molecule has 0 aliphatic rings. The van der Waals surface area contributed by atoms with Gasteiger partial charge in [-0.25, -0.2) is 4.98 Å². The molecule has 2 aromatic heterocycles. The highest BCUT2D eigenvalue weighted by atomic mass is 16.3. The molecule has 2 heterocycles. The van der Waals surface area contributed by atoms with Gasteiger partial charge in [0.05, 0.1) is 37.6 Å². The van der Waals surface area contributed by atoms with Gasteiger partial charge in [0.1, 0.15) is 11.6 Å². The molecule has 4 heteroatoms. The Labute approximate surface area is 430 Å². The first-order valence-electron chi connectivity index (χ1n) is 31.4. The zero-order valence-electron chi connectivity index (χ0n) is 57.6. The number of nitrogens with zero attached hydrogens (tertiary/aromatic N) is 3. The maximum Gasteiger partial charge on any atom is 0.149 e. The van der Waals surface area contributed by atoms with Crippen LogP contribution in [0, 0.1) is 6.85 Å². The molecule has 1 N–H and O–H groups in total. The molecule has 0 aliphatic carbocycles. The summed E-state index contributed by atoms with van der Waals surface area (Å²) in [7, 11) is 0. The third kappa shape index (κ3) is 9.57. The van der Waals surface area contributed by atoms with Crippen LogP contribution in [0.3, 0.4) is 0 Å². The van der Waals surface area contributed by atoms with Crippen molar-refractivity contribution in [2.45, 2.75) is 145 Å². The van der Waals surface area contributed by atoms with Gasteiger partial charge in [-0.15, -0.1) is 0 Å². The van der Waals surface area contributed by atoms with E-state index >= 15 is 0 Å². The summed E-state index contributed by atoms with van der Waals surface area (Å²) in [4.78, 5) is 9.86. The second-order valence-corrected chi connectivity index (χ2v) is 21.8. The third-order valence-electron chi connectivity index (χ3n) is 12.8. The van der Waals surface area contributed by atoms with Crippen LogP contribution in [0.5, 0.6) is 5.75 Å². The summed E-state index contributed by atoms with van der Waals surface area (Å²) in [5, 5.41) is 12.4. The number of fused-ring (bicyclic) bond motifs is 1. The SMILES string of the molecule is [2H]c1nc(-c2cc(-c3cccc4c3nc(-c3cc(C(C)C)cc(C(C)C)c3O)n4-c3ccc(-c4cc(C(C)(C)C)cc(C(C)(C)C)c4)cc3C([2H])([2H])[2H])cc(C(C)(C)C)c2)c([2H])c(-c2c([2H])c([2H])c(C(C([2H])([2H])[2H])C([2H])([2H])[2H])c([2H])c2[2H])c1[2H]. The Hall–Kier alpha value is -6.26. The van der Waals surface area contributed by atoms with Crippen molar-refractivity contribution in [2.24, 2.45) is 0 Å². The van der Waals surface area contributed by atoms with Gasteiger partial charge in [-0.3, -0.25) is 9.55 Å². The van der Waals surface area contributed by atoms with Crippen LogP contribution in [0.2, 0.25) is 0 Å². The van der Waals surface area contributed by atoms with E-state index in [1.807, 2.05) is 77.1 Å². The lowest BCUT2D eigenvalue weighted by atomic mass is 9.79. The minimum atomic E-state index is -3.27. The van der Waals surface area contributed by atoms with Gasteiger partial charge in [0.2, 0.25) is 0 Å². The highest BCUT2D eigenvalue weighted by Gasteiger charge is 2.26. The van der Waals surface area contributed by atoms with Crippen LogP contribution in [-0.2, 0) is 16.2 Å². The van der Waals surface area contributed by atoms with Gasteiger partial charge in [-0.05, 0) is 156 Å². The molecule has 0 radical (unpaired) electrons. The van der Waals surface area contributed by atoms with Crippen LogP contribution < -0.4 is 0 Å². The van der Waals surface area contributed by atoms with Crippen molar-refractivity contribution in [1.29, 1.82) is 0 Å². The highest BCUT2D eigenvalue weighted by Crippen LogP contribution is 2.44. The van der Waals surface area contributed by atoms with Crippen molar-refractivity contribution >= 4 is 11.0 Å². The highest BCUT2D eigenvalue weighted by molar-refractivity contribution is 5.97. The molecule has 0 spiro atoms. The van der Waals surface area contributed by atoms with E-state index in [4.69, 9.17) is 21.4 Å². The van der Waals surface area contributed by atoms with Crippen LogP contribution >= 0.6 is 0 Å². The molecule has 0 saturated carbocycles. The van der Waals surface area contributed by atoms with Gasteiger partial charge >= 0.3 is 0 Å². The number of benzene rings is 6. The van der Waals surface area contributed by atoms with Crippen LogP contribution in [0.15, 0.2) is 127 Å². The minimum Gasteiger partial charge on any atom is -0.507 e. The maximum atomic E-state index is 12.4. The average molecular weight is 916 g/mol. The lowest BCUT2D eigenvalue weighted by molar-refractivity contribution is 0.466. The first kappa shape index (κ1) is 31.7. The molecule has 6 aromatic carbocycles. The van der Waals surface area contributed by atoms with Gasteiger partial charge in [0, 0.05) is 29.6 Å². The van der Waals surface area contributed by atoms with E-state index in [2.05, 4.69) is 78.6 Å². The van der Waals surface area contributed by atoms with Crippen molar-refractivity contribution in [3.05, 3.63) is 166 Å². The van der Waals surface area contributed by atoms with Gasteiger partial charge in [0.25, 0.3) is 0 Å². The standard InChI is InChI=1S/C64H73N3O/c1-38(2)42-20-22-43(23-21-42)45-26-27-65-56(36-45)49-29-48(32-50(33-49)62(8,9)10)53-18-17-19-58-59(53)66-61(55-35-46(39(3)4)34-54(40(5)6)60(55)68)67(58)57-25-24-44(28-41(57)7)47-30-51(63(11,12)13)37-52(31-47)64(14,15)16/h17-40,68H,1-16H3/i1D3,2D3,7D3,20D,21D,22D,23D,26D,27D,36D. The van der Waals surface area contributed by atoms with Gasteiger partial charge < -0.3 is 5.11 Å². The fraction of sp³-hybridized carbons (Fsp3) is 0.344. The lowest BCUT2D eigenvalue weighted by Crippen LogP contribution is -2.16. The van der Waals surface area contributed by atoms with E-state index in [9.17, 15) is 10.6 Å². The zero-order chi connectivity index (χ0) is 62.8. The predicted molar refractivity (Wildman–Crippen MR) is 291 cm³/mol. The number of hydrogen-bond acceptors (Lipinski definition) is 3. The minimum absolute atomic E-state index is 0.00932. The van der Waals surface area contributed by atoms with Crippen LogP contribution in [-0.4, -0.2) is 19.6 Å². The Morgan fingerprint density at radius 3 is 1.84 bits per heavy atom. The molecular weight excluding hydrogens is 827 g/mol. The molecule has 8 aromatic rings. The first-order chi connectivity index (χ1) is 38.4. The summed E-state index contributed by atoms with van der Waals surface area (Å²) in [5.41, 5.74) is 5.95. The number of para-hydroxylation sites is 1. The fourth-order valence-corrected chi connectivity index (χ4v) is 8.48. The van der Waals surface area contributed by atoms with Crippen LogP contribution in [0.4, 0.5) is 0 Å². The first-order valence-corrected chi connectivity index (χ1v) is 23.4. The van der Waals surface area contributed by atoms with Crippen molar-refractivity contribution < 1.29 is 27.0 Å². The summed E-state index contributed by atoms with van der Waals surface area (Å²) in [6.45, 7) is 17.7. The molecule has 8 rings (SSSR count). The molecule has 0 unspecified atom stereocenters. The summed E-state index contributed by atoms with van der Waals surface area (Å²) < 4.78 is 141. The van der Waals surface area contributed by atoms with E-state index in [0.717, 1.165) is 27.8 Å². The molecule has 0 amide bonds. The van der Waals surface area contributed by atoms with Gasteiger partial charge in [-0.2, -0.15) is 0 Å². The Balaban J connectivity index is 1.45. The predicted octanol–water partition coefficient (Wildman–Crippen LogP) is 18.0. The Morgan fingerprint density at radius 1 is 0.574 bits per heavy atom. The van der Waals surface area contributed by atoms with E-state index in [1.165, 1.54) is 0 Å². The quantitative estimate of drug-likeness (QED) is 0.157. The second kappa shape index (κ2) is 18.0. The molecule has 0 saturated heterocycles. The third-order valence-corrected chi connectivity index (χ3v) is 12.8. The van der Waals surface area contributed by atoms with Crippen molar-refractivity contribution in [3.63, 3.8) is 0 Å². The number of rotatable bonds is 9. The molecule has 68 heavy (non-hydrogen) atoms. The Bertz CT molecular complexity index is 3840. The molecule has 0 atom stereocenters. The molecule has 0 aliphatic heterocycles. The average Bonchev–Trinajstić information content (AvgIpc) is 1.52. The van der Waals surface area contributed by atoms with E-state index in [-0.39, 0.29) is 51.1 Å². The van der Waals surface area contributed by atoms with Crippen LogP contribution in [0.1, 0.15) is 182 Å². The van der Waals surface area contributed by atoms with E-state index < -0.39 is 91.0 Å². The smallest absolute Gasteiger partial charge is 0.149 e. The number of aryl methyl sites for hydroxylation is 1. The Kier molecular flexibility index (Phi) is 8.40. The van der Waals surface area contributed by atoms with Crippen molar-refractivity contribution in [2.75, 3.05) is 0 Å². The Morgan fingerprint density at radius 2 is 1.22 bits per heavy atom. The number of aromatic nitrogens is 3. The summed E-state index contributed by atoms with van der Waals surface area (Å²) in [6.07, 6.45) is -0.676. The van der Waals surface area contributed by atoms with Gasteiger partial charge in [-0.1, -0.05) is 176 Å². The number of pyridine rings is 1. The summed E-state index contributed by atoms with van der Waals surface area (Å²) in [6, 6.07) is 21.8. The van der Waals surface area contributed by atoms with Gasteiger partial charge in [0.15, 0.2) is 0 Å². The molecule has 350 valence electrons. The molecule has 4 nitrogen and oxygen atoms in total.